The van der Waals surface area contributed by atoms with E-state index in [2.05, 4.69) is 0 Å². The molecule has 1 aliphatic carbocycles. The van der Waals surface area contributed by atoms with Gasteiger partial charge < -0.3 is 4.74 Å². The van der Waals surface area contributed by atoms with E-state index in [1.165, 1.54) is 6.08 Å². The summed E-state index contributed by atoms with van der Waals surface area (Å²) < 4.78 is 5.69. The van der Waals surface area contributed by atoms with Gasteiger partial charge in [-0.15, -0.1) is 0 Å². The molecule has 1 aliphatic rings. The van der Waals surface area contributed by atoms with Gasteiger partial charge in [0, 0.05) is 17.2 Å². The highest BCUT2D eigenvalue weighted by Crippen LogP contribution is 2.26. The zero-order chi connectivity index (χ0) is 15.8. The number of rotatable bonds is 2. The molecule has 0 radical (unpaired) electrons. The van der Waals surface area contributed by atoms with E-state index in [4.69, 9.17) is 4.74 Å². The first-order chi connectivity index (χ1) is 11.2. The van der Waals surface area contributed by atoms with Crippen molar-refractivity contribution in [1.82, 2.24) is 0 Å². The third-order valence-corrected chi connectivity index (χ3v) is 3.87. The van der Waals surface area contributed by atoms with Gasteiger partial charge >= 0.3 is 0 Å². The summed E-state index contributed by atoms with van der Waals surface area (Å²) in [5, 5.41) is 2.10. The predicted molar refractivity (Wildman–Crippen MR) is 87.8 cm³/mol. The van der Waals surface area contributed by atoms with Crippen molar-refractivity contribution in [3.8, 4) is 5.75 Å². The largest absolute Gasteiger partial charge is 0.453 e. The first-order valence-corrected chi connectivity index (χ1v) is 7.29. The highest BCUT2D eigenvalue weighted by molar-refractivity contribution is 6.23. The van der Waals surface area contributed by atoms with Crippen molar-refractivity contribution in [2.75, 3.05) is 0 Å². The van der Waals surface area contributed by atoms with Crippen molar-refractivity contribution in [3.05, 3.63) is 89.7 Å². The fourth-order valence-corrected chi connectivity index (χ4v) is 2.72. The molecule has 3 nitrogen and oxygen atoms in total. The third-order valence-electron chi connectivity index (χ3n) is 3.87. The molecule has 0 spiro atoms. The predicted octanol–water partition coefficient (Wildman–Crippen LogP) is 4.18. The average molecular weight is 300 g/mol. The monoisotopic (exact) mass is 300 g/mol. The van der Waals surface area contributed by atoms with Gasteiger partial charge in [0.05, 0.1) is 0 Å². The van der Waals surface area contributed by atoms with Crippen molar-refractivity contribution < 1.29 is 14.3 Å². The van der Waals surface area contributed by atoms with E-state index in [0.717, 1.165) is 10.8 Å². The lowest BCUT2D eigenvalue weighted by Gasteiger charge is -2.15. The minimum absolute atomic E-state index is 0.0592. The molecule has 0 aromatic heterocycles. The molecule has 0 atom stereocenters. The van der Waals surface area contributed by atoms with Gasteiger partial charge in [0.1, 0.15) is 5.75 Å². The number of carbonyl (C=O) groups excluding carboxylic acids is 2. The van der Waals surface area contributed by atoms with Crippen molar-refractivity contribution in [2.45, 2.75) is 0 Å². The quantitative estimate of drug-likeness (QED) is 0.713. The van der Waals surface area contributed by atoms with Crippen molar-refractivity contribution >= 4 is 22.3 Å². The Morgan fingerprint density at radius 2 is 1.39 bits per heavy atom. The molecule has 0 bridgehead atoms. The van der Waals surface area contributed by atoms with Crippen LogP contribution >= 0.6 is 0 Å². The molecule has 0 saturated carbocycles. The van der Waals surface area contributed by atoms with Gasteiger partial charge in [0.2, 0.25) is 5.78 Å². The summed E-state index contributed by atoms with van der Waals surface area (Å²) >= 11 is 0. The molecule has 0 fully saturated rings. The number of carbonyl (C=O) groups is 2. The van der Waals surface area contributed by atoms with Crippen molar-refractivity contribution in [2.24, 2.45) is 0 Å². The number of hydrogen-bond donors (Lipinski definition) is 0. The summed E-state index contributed by atoms with van der Waals surface area (Å²) in [6.45, 7) is 0. The maximum absolute atomic E-state index is 12.5. The van der Waals surface area contributed by atoms with Crippen LogP contribution in [0.5, 0.6) is 5.75 Å². The minimum Gasteiger partial charge on any atom is -0.453 e. The number of fused-ring (bicyclic) bond motifs is 2. The van der Waals surface area contributed by atoms with E-state index in [1.807, 2.05) is 36.4 Å². The molecule has 110 valence electrons. The number of benzene rings is 3. The summed E-state index contributed by atoms with van der Waals surface area (Å²) in [5.41, 5.74) is 0.805. The van der Waals surface area contributed by atoms with Gasteiger partial charge in [-0.2, -0.15) is 0 Å². The summed E-state index contributed by atoms with van der Waals surface area (Å²) in [6.07, 6.45) is 1.26. The van der Waals surface area contributed by atoms with Crippen molar-refractivity contribution in [1.29, 1.82) is 0 Å². The molecular weight excluding hydrogens is 288 g/mol. The van der Waals surface area contributed by atoms with Crippen molar-refractivity contribution in [3.63, 3.8) is 0 Å². The molecular formula is C20H12O3. The molecule has 23 heavy (non-hydrogen) atoms. The second-order valence-corrected chi connectivity index (χ2v) is 5.36. The molecule has 0 N–H and O–H groups in total. The Morgan fingerprint density at radius 1 is 0.696 bits per heavy atom. The lowest BCUT2D eigenvalue weighted by molar-refractivity contribution is 0.0947. The zero-order valence-corrected chi connectivity index (χ0v) is 12.2. The summed E-state index contributed by atoms with van der Waals surface area (Å²) in [6, 6.07) is 20.2. The Labute approximate surface area is 132 Å². The third kappa shape index (κ3) is 2.32. The highest BCUT2D eigenvalue weighted by Gasteiger charge is 2.26. The number of Topliss-reactive ketones (excluding diaryl/α,β-unsaturated/α-hetero) is 1. The molecule has 3 aromatic rings. The maximum atomic E-state index is 12.5. The first kappa shape index (κ1) is 13.5. The fraction of sp³-hybridized carbons (Fsp3) is 0. The molecule has 3 heteroatoms. The van der Waals surface area contributed by atoms with Gasteiger partial charge in [-0.3, -0.25) is 9.59 Å². The van der Waals surface area contributed by atoms with Gasteiger partial charge in [0.15, 0.2) is 11.5 Å². The Bertz CT molecular complexity index is 983. The lowest BCUT2D eigenvalue weighted by atomic mass is 9.94. The number of ketones is 2. The highest BCUT2D eigenvalue weighted by atomic mass is 16.5. The normalized spacial score (nSPS) is 13.7. The van der Waals surface area contributed by atoms with E-state index in [1.54, 1.807) is 30.3 Å². The molecule has 0 aliphatic heterocycles. The molecule has 4 rings (SSSR count). The molecule has 0 heterocycles. The Balaban J connectivity index is 1.71. The molecule has 0 unspecified atom stereocenters. The first-order valence-electron chi connectivity index (χ1n) is 7.29. The van der Waals surface area contributed by atoms with Crippen LogP contribution in [0.25, 0.3) is 10.8 Å². The molecule has 0 amide bonds. The van der Waals surface area contributed by atoms with E-state index >= 15 is 0 Å². The van der Waals surface area contributed by atoms with Crippen LogP contribution in [0.3, 0.4) is 0 Å². The summed E-state index contributed by atoms with van der Waals surface area (Å²) in [7, 11) is 0. The lowest BCUT2D eigenvalue weighted by Crippen LogP contribution is -2.20. The Kier molecular flexibility index (Phi) is 3.05. The van der Waals surface area contributed by atoms with E-state index in [-0.39, 0.29) is 17.3 Å². The second kappa shape index (κ2) is 5.21. The smallest absolute Gasteiger partial charge is 0.229 e. The van der Waals surface area contributed by atoms with Crippen LogP contribution in [-0.2, 0) is 0 Å². The van der Waals surface area contributed by atoms with E-state index in [9.17, 15) is 9.59 Å². The maximum Gasteiger partial charge on any atom is 0.229 e. The summed E-state index contributed by atoms with van der Waals surface area (Å²) in [5.74, 6) is 0.115. The van der Waals surface area contributed by atoms with Crippen LogP contribution in [0.1, 0.15) is 20.7 Å². The second-order valence-electron chi connectivity index (χ2n) is 5.36. The number of ether oxygens (including phenoxy) is 1. The Hall–Kier alpha value is -3.20. The Morgan fingerprint density at radius 3 is 2.22 bits per heavy atom. The van der Waals surface area contributed by atoms with Crippen LogP contribution in [0.4, 0.5) is 0 Å². The molecule has 3 aromatic carbocycles. The number of allylic oxidation sites excluding steroid dienone is 2. The van der Waals surface area contributed by atoms with Crippen LogP contribution in [0.15, 0.2) is 78.6 Å². The van der Waals surface area contributed by atoms with Crippen LogP contribution in [0.2, 0.25) is 0 Å². The summed E-state index contributed by atoms with van der Waals surface area (Å²) in [4.78, 5) is 24.6. The van der Waals surface area contributed by atoms with E-state index in [0.29, 0.717) is 16.9 Å². The topological polar surface area (TPSA) is 43.4 Å². The van der Waals surface area contributed by atoms with Gasteiger partial charge in [-0.1, -0.05) is 54.6 Å². The van der Waals surface area contributed by atoms with Gasteiger partial charge in [-0.25, -0.2) is 0 Å². The number of hydrogen-bond acceptors (Lipinski definition) is 3. The van der Waals surface area contributed by atoms with Gasteiger partial charge in [-0.05, 0) is 22.9 Å². The standard InChI is InChI=1S/C20H12O3/c21-18-12-19(20(22)17-8-4-3-7-16(17)18)23-15-10-9-13-5-1-2-6-14(13)11-15/h1-12H. The van der Waals surface area contributed by atoms with Crippen LogP contribution < -0.4 is 4.74 Å². The average Bonchev–Trinajstić information content (AvgIpc) is 2.59. The van der Waals surface area contributed by atoms with Crippen LogP contribution in [-0.4, -0.2) is 11.6 Å². The van der Waals surface area contributed by atoms with E-state index < -0.39 is 0 Å². The minimum atomic E-state index is -0.270. The SMILES string of the molecule is O=C1C=C(Oc2ccc3ccccc3c2)C(=O)c2ccccc21. The zero-order valence-electron chi connectivity index (χ0n) is 12.2. The van der Waals surface area contributed by atoms with Crippen LogP contribution in [0, 0.1) is 0 Å². The molecule has 0 saturated heterocycles. The fourth-order valence-electron chi connectivity index (χ4n) is 2.72. The van der Waals surface area contributed by atoms with Gasteiger partial charge in [0.25, 0.3) is 0 Å².